The molecule has 0 radical (unpaired) electrons. The molecular weight excluding hydrogens is 256 g/mol. The Hall–Kier alpha value is -0.990. The molecule has 1 aromatic rings. The number of nitrogens with one attached hydrogen (secondary N) is 2. The van der Waals surface area contributed by atoms with Gasteiger partial charge >= 0.3 is 0 Å². The monoisotopic (exact) mass is 274 g/mol. The van der Waals surface area contributed by atoms with Crippen LogP contribution >= 0.6 is 0 Å². The fraction of sp³-hybridized carbons (Fsp3) is 0.800. The van der Waals surface area contributed by atoms with Crippen molar-refractivity contribution in [3.8, 4) is 0 Å². The van der Waals surface area contributed by atoms with Crippen LogP contribution in [0.4, 0.5) is 0 Å². The number of nitrogens with zero attached hydrogens (tertiary/aromatic N) is 2. The van der Waals surface area contributed by atoms with E-state index in [1.807, 2.05) is 0 Å². The SMILES string of the molecule is Cc1nc(CCNS(=O)(=O)CCNC2CC2)no1. The Bertz CT molecular complexity index is 481. The van der Waals surface area contributed by atoms with Gasteiger partial charge in [-0.15, -0.1) is 0 Å². The summed E-state index contributed by atoms with van der Waals surface area (Å²) in [6.45, 7) is 2.50. The topological polar surface area (TPSA) is 97.1 Å². The Morgan fingerprint density at radius 3 is 2.78 bits per heavy atom. The minimum Gasteiger partial charge on any atom is -0.340 e. The lowest BCUT2D eigenvalue weighted by atomic mass is 10.4. The number of sulfonamides is 1. The van der Waals surface area contributed by atoms with Crippen LogP contribution < -0.4 is 10.0 Å². The van der Waals surface area contributed by atoms with Crippen LogP contribution in [0, 0.1) is 6.92 Å². The molecule has 1 aliphatic rings. The summed E-state index contributed by atoms with van der Waals surface area (Å²) in [5, 5.41) is 6.86. The van der Waals surface area contributed by atoms with Crippen LogP contribution in [0.2, 0.25) is 0 Å². The van der Waals surface area contributed by atoms with E-state index in [1.54, 1.807) is 6.92 Å². The third-order valence-corrected chi connectivity index (χ3v) is 4.01. The molecule has 0 aromatic carbocycles. The van der Waals surface area contributed by atoms with E-state index in [2.05, 4.69) is 20.2 Å². The van der Waals surface area contributed by atoms with Crippen molar-refractivity contribution < 1.29 is 12.9 Å². The first kappa shape index (κ1) is 13.4. The van der Waals surface area contributed by atoms with E-state index in [0.717, 1.165) is 12.8 Å². The summed E-state index contributed by atoms with van der Waals surface area (Å²) >= 11 is 0. The average Bonchev–Trinajstić information content (AvgIpc) is 3.01. The second-order valence-corrected chi connectivity index (χ2v) is 6.35. The Morgan fingerprint density at radius 2 is 2.17 bits per heavy atom. The highest BCUT2D eigenvalue weighted by Gasteiger charge is 2.21. The van der Waals surface area contributed by atoms with E-state index in [9.17, 15) is 8.42 Å². The lowest BCUT2D eigenvalue weighted by molar-refractivity contribution is 0.387. The molecule has 1 aliphatic carbocycles. The van der Waals surface area contributed by atoms with Gasteiger partial charge in [0.25, 0.3) is 0 Å². The Balaban J connectivity index is 1.64. The second-order valence-electron chi connectivity index (χ2n) is 4.42. The molecule has 1 heterocycles. The van der Waals surface area contributed by atoms with E-state index in [1.165, 1.54) is 0 Å². The van der Waals surface area contributed by atoms with Crippen molar-refractivity contribution in [1.29, 1.82) is 0 Å². The first-order valence-electron chi connectivity index (χ1n) is 6.05. The van der Waals surface area contributed by atoms with Crippen molar-refractivity contribution in [2.75, 3.05) is 18.8 Å². The molecule has 0 bridgehead atoms. The van der Waals surface area contributed by atoms with Gasteiger partial charge < -0.3 is 9.84 Å². The number of rotatable bonds is 8. The highest BCUT2D eigenvalue weighted by atomic mass is 32.2. The van der Waals surface area contributed by atoms with Crippen molar-refractivity contribution in [1.82, 2.24) is 20.2 Å². The van der Waals surface area contributed by atoms with Gasteiger partial charge in [0.15, 0.2) is 5.82 Å². The zero-order valence-electron chi connectivity index (χ0n) is 10.3. The Morgan fingerprint density at radius 1 is 1.39 bits per heavy atom. The minimum atomic E-state index is -3.21. The number of hydrogen-bond acceptors (Lipinski definition) is 6. The molecule has 0 unspecified atom stereocenters. The third-order valence-electron chi connectivity index (χ3n) is 2.62. The molecule has 102 valence electrons. The van der Waals surface area contributed by atoms with Crippen LogP contribution in [-0.2, 0) is 16.4 Å². The summed E-state index contributed by atoms with van der Waals surface area (Å²) in [4.78, 5) is 4.00. The van der Waals surface area contributed by atoms with Gasteiger partial charge in [-0.2, -0.15) is 4.98 Å². The second kappa shape index (κ2) is 5.77. The molecular formula is C10H18N4O3S. The van der Waals surface area contributed by atoms with Crippen molar-refractivity contribution in [3.63, 3.8) is 0 Å². The number of aryl methyl sites for hydroxylation is 1. The van der Waals surface area contributed by atoms with Crippen molar-refractivity contribution in [2.45, 2.75) is 32.2 Å². The highest BCUT2D eigenvalue weighted by Crippen LogP contribution is 2.17. The first-order chi connectivity index (χ1) is 8.55. The maximum Gasteiger partial charge on any atom is 0.223 e. The van der Waals surface area contributed by atoms with Crippen molar-refractivity contribution >= 4 is 10.0 Å². The number of hydrogen-bond donors (Lipinski definition) is 2. The maximum atomic E-state index is 11.6. The van der Waals surface area contributed by atoms with E-state index >= 15 is 0 Å². The molecule has 0 amide bonds. The summed E-state index contributed by atoms with van der Waals surface area (Å²) < 4.78 is 30.5. The predicted octanol–water partition coefficient (Wildman–Crippen LogP) is -0.408. The summed E-state index contributed by atoms with van der Waals surface area (Å²) in [5.74, 6) is 1.11. The van der Waals surface area contributed by atoms with Crippen LogP contribution in [0.25, 0.3) is 0 Å². The molecule has 8 heteroatoms. The summed E-state index contributed by atoms with van der Waals surface area (Å²) in [6, 6.07) is 0.530. The average molecular weight is 274 g/mol. The smallest absolute Gasteiger partial charge is 0.223 e. The standard InChI is InChI=1S/C10H18N4O3S/c1-8-13-10(14-17-8)4-5-12-18(15,16)7-6-11-9-2-3-9/h9,11-12H,2-7H2,1H3. The van der Waals surface area contributed by atoms with Crippen molar-refractivity contribution in [3.05, 3.63) is 11.7 Å². The summed E-state index contributed by atoms with van der Waals surface area (Å²) in [6.07, 6.45) is 2.75. The normalized spacial score (nSPS) is 16.1. The molecule has 7 nitrogen and oxygen atoms in total. The largest absolute Gasteiger partial charge is 0.340 e. The molecule has 0 aliphatic heterocycles. The number of aromatic nitrogens is 2. The molecule has 0 saturated heterocycles. The van der Waals surface area contributed by atoms with Gasteiger partial charge in [-0.05, 0) is 12.8 Å². The lowest BCUT2D eigenvalue weighted by Crippen LogP contribution is -2.33. The van der Waals surface area contributed by atoms with E-state index in [-0.39, 0.29) is 5.75 Å². The van der Waals surface area contributed by atoms with Gasteiger partial charge in [-0.1, -0.05) is 5.16 Å². The molecule has 1 fully saturated rings. The summed E-state index contributed by atoms with van der Waals surface area (Å²) in [5.41, 5.74) is 0. The molecule has 1 aromatic heterocycles. The fourth-order valence-corrected chi connectivity index (χ4v) is 2.46. The van der Waals surface area contributed by atoms with Gasteiger partial charge in [0.05, 0.1) is 5.75 Å². The molecule has 0 spiro atoms. The van der Waals surface area contributed by atoms with E-state index in [0.29, 0.717) is 37.3 Å². The first-order valence-corrected chi connectivity index (χ1v) is 7.70. The zero-order chi connectivity index (χ0) is 13.0. The van der Waals surface area contributed by atoms with Crippen LogP contribution in [0.1, 0.15) is 24.6 Å². The summed E-state index contributed by atoms with van der Waals surface area (Å²) in [7, 11) is -3.21. The molecule has 1 saturated carbocycles. The van der Waals surface area contributed by atoms with Crippen LogP contribution in [0.3, 0.4) is 0 Å². The van der Waals surface area contributed by atoms with Crippen LogP contribution in [-0.4, -0.2) is 43.4 Å². The van der Waals surface area contributed by atoms with Gasteiger partial charge in [-0.3, -0.25) is 0 Å². The van der Waals surface area contributed by atoms with E-state index in [4.69, 9.17) is 4.52 Å². The van der Waals surface area contributed by atoms with Gasteiger partial charge in [0.1, 0.15) is 0 Å². The molecule has 2 rings (SSSR count). The van der Waals surface area contributed by atoms with Crippen molar-refractivity contribution in [2.24, 2.45) is 0 Å². The van der Waals surface area contributed by atoms with Gasteiger partial charge in [0.2, 0.25) is 15.9 Å². The lowest BCUT2D eigenvalue weighted by Gasteiger charge is -2.06. The highest BCUT2D eigenvalue weighted by molar-refractivity contribution is 7.89. The van der Waals surface area contributed by atoms with Gasteiger partial charge in [-0.25, -0.2) is 13.1 Å². The Kier molecular flexibility index (Phi) is 4.31. The molecule has 0 atom stereocenters. The van der Waals surface area contributed by atoms with Crippen LogP contribution in [0.15, 0.2) is 4.52 Å². The van der Waals surface area contributed by atoms with E-state index < -0.39 is 10.0 Å². The zero-order valence-corrected chi connectivity index (χ0v) is 11.2. The van der Waals surface area contributed by atoms with Gasteiger partial charge in [0, 0.05) is 32.5 Å². The predicted molar refractivity (Wildman–Crippen MR) is 65.6 cm³/mol. The maximum absolute atomic E-state index is 11.6. The van der Waals surface area contributed by atoms with Crippen LogP contribution in [0.5, 0.6) is 0 Å². The molecule has 18 heavy (non-hydrogen) atoms. The fourth-order valence-electron chi connectivity index (χ4n) is 1.52. The molecule has 2 N–H and O–H groups in total. The Labute approximate surface area is 106 Å². The minimum absolute atomic E-state index is 0.106. The quantitative estimate of drug-likeness (QED) is 0.669. The third kappa shape index (κ3) is 4.71.